The zero-order valence-electron chi connectivity index (χ0n) is 18.3. The number of nitrogens with zero attached hydrogens (tertiary/aromatic N) is 2. The molecule has 3 aromatic rings. The maximum absolute atomic E-state index is 13.3. The molecule has 0 radical (unpaired) electrons. The van der Waals surface area contributed by atoms with Crippen molar-refractivity contribution >= 4 is 5.91 Å². The number of rotatable bonds is 8. The van der Waals surface area contributed by atoms with Gasteiger partial charge in [-0.15, -0.1) is 0 Å². The van der Waals surface area contributed by atoms with E-state index in [2.05, 4.69) is 75.8 Å². The molecule has 166 valence electrons. The molecule has 1 saturated heterocycles. The quantitative estimate of drug-likeness (QED) is 0.580. The van der Waals surface area contributed by atoms with E-state index in [4.69, 9.17) is 0 Å². The lowest BCUT2D eigenvalue weighted by Gasteiger charge is -2.39. The number of carbonyl (C=O) groups excluding carboxylic acids is 1. The third kappa shape index (κ3) is 6.02. The summed E-state index contributed by atoms with van der Waals surface area (Å²) < 4.78 is 13.3. The summed E-state index contributed by atoms with van der Waals surface area (Å²) in [6.07, 6.45) is 0.454. The summed E-state index contributed by atoms with van der Waals surface area (Å²) in [5.41, 5.74) is 3.40. The maximum Gasteiger partial charge on any atom is 0.221 e. The van der Waals surface area contributed by atoms with Gasteiger partial charge in [0.2, 0.25) is 5.91 Å². The average molecular weight is 432 g/mol. The lowest BCUT2D eigenvalue weighted by Crippen LogP contribution is -2.48. The molecular weight excluding hydrogens is 401 g/mol. The summed E-state index contributed by atoms with van der Waals surface area (Å²) in [4.78, 5) is 17.1. The van der Waals surface area contributed by atoms with Crippen molar-refractivity contribution in [3.05, 3.63) is 107 Å². The van der Waals surface area contributed by atoms with Crippen molar-refractivity contribution in [3.63, 3.8) is 0 Å². The highest BCUT2D eigenvalue weighted by atomic mass is 19.1. The highest BCUT2D eigenvalue weighted by Crippen LogP contribution is 2.29. The van der Waals surface area contributed by atoms with Gasteiger partial charge in [-0.05, 0) is 28.8 Å². The Morgan fingerprint density at radius 1 is 0.844 bits per heavy atom. The molecule has 5 heteroatoms. The first kappa shape index (κ1) is 22.2. The van der Waals surface area contributed by atoms with Crippen LogP contribution in [-0.4, -0.2) is 48.4 Å². The Kier molecular flexibility index (Phi) is 7.64. The van der Waals surface area contributed by atoms with E-state index >= 15 is 0 Å². The first-order chi connectivity index (χ1) is 15.7. The van der Waals surface area contributed by atoms with Crippen LogP contribution in [0.25, 0.3) is 0 Å². The number of hydrogen-bond acceptors (Lipinski definition) is 3. The van der Waals surface area contributed by atoms with Crippen LogP contribution < -0.4 is 5.32 Å². The third-order valence-corrected chi connectivity index (χ3v) is 6.04. The van der Waals surface area contributed by atoms with E-state index in [0.717, 1.165) is 38.3 Å². The van der Waals surface area contributed by atoms with Crippen LogP contribution in [0, 0.1) is 5.82 Å². The predicted octanol–water partition coefficient (Wildman–Crippen LogP) is 4.24. The monoisotopic (exact) mass is 431 g/mol. The van der Waals surface area contributed by atoms with Crippen LogP contribution in [0.4, 0.5) is 4.39 Å². The van der Waals surface area contributed by atoms with Crippen molar-refractivity contribution in [1.82, 2.24) is 15.1 Å². The SMILES string of the molecule is O=C(CCN1CCN(C(c2ccccc2)c2ccccc2)CC1)NCc1cccc(F)c1. The van der Waals surface area contributed by atoms with Crippen LogP contribution in [0.5, 0.6) is 0 Å². The third-order valence-electron chi connectivity index (χ3n) is 6.04. The van der Waals surface area contributed by atoms with E-state index in [0.29, 0.717) is 13.0 Å². The van der Waals surface area contributed by atoms with E-state index in [9.17, 15) is 9.18 Å². The summed E-state index contributed by atoms with van der Waals surface area (Å²) in [6, 6.07) is 27.9. The number of halogens is 1. The van der Waals surface area contributed by atoms with E-state index in [-0.39, 0.29) is 17.8 Å². The lowest BCUT2D eigenvalue weighted by atomic mass is 9.96. The van der Waals surface area contributed by atoms with Gasteiger partial charge in [-0.1, -0.05) is 72.8 Å². The Labute approximate surface area is 189 Å². The van der Waals surface area contributed by atoms with Gasteiger partial charge < -0.3 is 10.2 Å². The molecule has 1 amide bonds. The molecule has 4 rings (SSSR count). The van der Waals surface area contributed by atoms with Gasteiger partial charge in [-0.2, -0.15) is 0 Å². The summed E-state index contributed by atoms with van der Waals surface area (Å²) in [7, 11) is 0. The normalized spacial score (nSPS) is 15.1. The molecule has 0 spiro atoms. The number of benzene rings is 3. The van der Waals surface area contributed by atoms with Crippen molar-refractivity contribution < 1.29 is 9.18 Å². The fourth-order valence-electron chi connectivity index (χ4n) is 4.33. The second kappa shape index (κ2) is 11.0. The van der Waals surface area contributed by atoms with Crippen LogP contribution in [0.2, 0.25) is 0 Å². The minimum absolute atomic E-state index is 0.00291. The number of amides is 1. The Morgan fingerprint density at radius 3 is 2.06 bits per heavy atom. The van der Waals surface area contributed by atoms with Gasteiger partial charge in [0.25, 0.3) is 0 Å². The van der Waals surface area contributed by atoms with Gasteiger partial charge >= 0.3 is 0 Å². The highest BCUT2D eigenvalue weighted by Gasteiger charge is 2.26. The fourth-order valence-corrected chi connectivity index (χ4v) is 4.33. The standard InChI is InChI=1S/C27H30FN3O/c28-25-13-7-8-22(20-25)21-29-26(32)14-15-30-16-18-31(19-17-30)27(23-9-3-1-4-10-23)24-11-5-2-6-12-24/h1-13,20,27H,14-19,21H2,(H,29,32). The first-order valence-electron chi connectivity index (χ1n) is 11.3. The van der Waals surface area contributed by atoms with E-state index < -0.39 is 0 Å². The van der Waals surface area contributed by atoms with Gasteiger partial charge in [-0.25, -0.2) is 4.39 Å². The molecule has 4 nitrogen and oxygen atoms in total. The minimum Gasteiger partial charge on any atom is -0.352 e. The second-order valence-electron chi connectivity index (χ2n) is 8.26. The van der Waals surface area contributed by atoms with Crippen LogP contribution in [0.15, 0.2) is 84.9 Å². The second-order valence-corrected chi connectivity index (χ2v) is 8.26. The Morgan fingerprint density at radius 2 is 1.47 bits per heavy atom. The zero-order chi connectivity index (χ0) is 22.2. The van der Waals surface area contributed by atoms with Gasteiger partial charge in [0.15, 0.2) is 0 Å². The lowest BCUT2D eigenvalue weighted by molar-refractivity contribution is -0.121. The van der Waals surface area contributed by atoms with Crippen LogP contribution in [0.1, 0.15) is 29.2 Å². The molecule has 0 unspecified atom stereocenters. The number of hydrogen-bond donors (Lipinski definition) is 1. The van der Waals surface area contributed by atoms with E-state index in [1.165, 1.54) is 23.3 Å². The fraction of sp³-hybridized carbons (Fsp3) is 0.296. The first-order valence-corrected chi connectivity index (χ1v) is 11.3. The number of carbonyl (C=O) groups is 1. The Bertz CT molecular complexity index is 949. The minimum atomic E-state index is -0.279. The summed E-state index contributed by atoms with van der Waals surface area (Å²) in [5, 5.41) is 2.89. The Hall–Kier alpha value is -3.02. The van der Waals surface area contributed by atoms with Gasteiger partial charge in [-0.3, -0.25) is 9.69 Å². The largest absolute Gasteiger partial charge is 0.352 e. The molecule has 0 atom stereocenters. The predicted molar refractivity (Wildman–Crippen MR) is 126 cm³/mol. The van der Waals surface area contributed by atoms with Gasteiger partial charge in [0.1, 0.15) is 5.82 Å². The molecule has 0 aromatic heterocycles. The molecule has 0 saturated carbocycles. The van der Waals surface area contributed by atoms with Crippen LogP contribution in [-0.2, 0) is 11.3 Å². The molecule has 1 aliphatic heterocycles. The number of nitrogens with one attached hydrogen (secondary N) is 1. The summed E-state index contributed by atoms with van der Waals surface area (Å²) in [5.74, 6) is -0.276. The van der Waals surface area contributed by atoms with Crippen molar-refractivity contribution in [2.45, 2.75) is 19.0 Å². The van der Waals surface area contributed by atoms with Crippen LogP contribution in [0.3, 0.4) is 0 Å². The zero-order valence-corrected chi connectivity index (χ0v) is 18.3. The molecule has 1 aliphatic rings. The molecule has 1 fully saturated rings. The molecule has 3 aromatic carbocycles. The average Bonchev–Trinajstić information content (AvgIpc) is 2.84. The topological polar surface area (TPSA) is 35.6 Å². The van der Waals surface area contributed by atoms with Gasteiger partial charge in [0.05, 0.1) is 6.04 Å². The number of piperazine rings is 1. The van der Waals surface area contributed by atoms with E-state index in [1.807, 2.05) is 6.07 Å². The smallest absolute Gasteiger partial charge is 0.221 e. The molecule has 32 heavy (non-hydrogen) atoms. The molecular formula is C27H30FN3O. The van der Waals surface area contributed by atoms with Crippen molar-refractivity contribution in [2.24, 2.45) is 0 Å². The molecule has 0 bridgehead atoms. The molecule has 0 aliphatic carbocycles. The Balaban J connectivity index is 1.28. The summed E-state index contributed by atoms with van der Waals surface area (Å²) in [6.45, 7) is 4.89. The highest BCUT2D eigenvalue weighted by molar-refractivity contribution is 5.76. The van der Waals surface area contributed by atoms with E-state index in [1.54, 1.807) is 6.07 Å². The molecule has 1 N–H and O–H groups in total. The van der Waals surface area contributed by atoms with Gasteiger partial charge in [0, 0.05) is 45.7 Å². The van der Waals surface area contributed by atoms with Crippen LogP contribution >= 0.6 is 0 Å². The maximum atomic E-state index is 13.3. The van der Waals surface area contributed by atoms with Crippen molar-refractivity contribution in [3.8, 4) is 0 Å². The summed E-state index contributed by atoms with van der Waals surface area (Å²) >= 11 is 0. The van der Waals surface area contributed by atoms with Crippen molar-refractivity contribution in [1.29, 1.82) is 0 Å². The van der Waals surface area contributed by atoms with Crippen molar-refractivity contribution in [2.75, 3.05) is 32.7 Å². The molecule has 1 heterocycles.